The molecular formula is C33H26ClN9O11. The summed E-state index contributed by atoms with van der Waals surface area (Å²) in [6, 6.07) is 25.7. The van der Waals surface area contributed by atoms with Crippen LogP contribution in [0.25, 0.3) is 0 Å². The van der Waals surface area contributed by atoms with Crippen molar-refractivity contribution in [2.24, 2.45) is 0 Å². The first-order chi connectivity index (χ1) is 25.7. The second-order valence-corrected chi connectivity index (χ2v) is 10.3. The maximum absolute atomic E-state index is 10.6. The molecule has 6 rings (SSSR count). The quantitative estimate of drug-likeness (QED) is 0.0580. The molecule has 3 aromatic heterocycles. The van der Waals surface area contributed by atoms with Gasteiger partial charge in [-0.1, -0.05) is 11.6 Å². The van der Waals surface area contributed by atoms with Crippen molar-refractivity contribution in [3.8, 4) is 29.0 Å². The number of pyridine rings is 3. The Morgan fingerprint density at radius 3 is 1.35 bits per heavy atom. The normalized spacial score (nSPS) is 9.65. The number of phenols is 1. The first kappa shape index (κ1) is 40.4. The van der Waals surface area contributed by atoms with E-state index in [4.69, 9.17) is 37.6 Å². The van der Waals surface area contributed by atoms with Crippen LogP contribution >= 0.6 is 11.6 Å². The van der Waals surface area contributed by atoms with Crippen molar-refractivity contribution >= 4 is 45.7 Å². The molecule has 3 heterocycles. The summed E-state index contributed by atoms with van der Waals surface area (Å²) in [6.45, 7) is 0. The van der Waals surface area contributed by atoms with Crippen LogP contribution < -0.4 is 20.9 Å². The van der Waals surface area contributed by atoms with Crippen LogP contribution in [-0.2, 0) is 0 Å². The van der Waals surface area contributed by atoms with Gasteiger partial charge in [-0.05, 0) is 54.6 Å². The molecule has 0 bridgehead atoms. The lowest BCUT2D eigenvalue weighted by Crippen LogP contribution is -1.92. The van der Waals surface area contributed by atoms with Crippen molar-refractivity contribution in [3.05, 3.63) is 173 Å². The topological polar surface area (TPSA) is 302 Å². The third-order valence-corrected chi connectivity index (χ3v) is 6.25. The van der Waals surface area contributed by atoms with Crippen molar-refractivity contribution in [3.63, 3.8) is 0 Å². The average molecular weight is 760 g/mol. The molecule has 276 valence electrons. The molecule has 54 heavy (non-hydrogen) atoms. The molecule has 0 aliphatic heterocycles. The van der Waals surface area contributed by atoms with Crippen LogP contribution in [-0.4, -0.2) is 39.8 Å². The van der Waals surface area contributed by atoms with Gasteiger partial charge in [-0.25, -0.2) is 15.0 Å². The number of phenolic OH excluding ortho intramolecular Hbond substituents is 1. The predicted octanol–water partition coefficient (Wildman–Crippen LogP) is 7.67. The highest BCUT2D eigenvalue weighted by molar-refractivity contribution is 6.29. The number of hydrogen-bond acceptors (Lipinski definition) is 16. The second kappa shape index (κ2) is 20.0. The molecule has 0 fully saturated rings. The largest absolute Gasteiger partial charge is 0.508 e. The van der Waals surface area contributed by atoms with E-state index < -0.39 is 19.7 Å². The van der Waals surface area contributed by atoms with E-state index >= 15 is 0 Å². The Morgan fingerprint density at radius 2 is 0.907 bits per heavy atom. The summed E-state index contributed by atoms with van der Waals surface area (Å²) < 4.78 is 10.7. The van der Waals surface area contributed by atoms with Gasteiger partial charge in [0.25, 0.3) is 22.7 Å². The number of ether oxygens (including phenoxy) is 2. The van der Waals surface area contributed by atoms with Crippen molar-refractivity contribution in [1.29, 1.82) is 0 Å². The van der Waals surface area contributed by atoms with E-state index in [0.717, 1.165) is 0 Å². The number of nitrogen functional groups attached to an aromatic ring is 2. The average Bonchev–Trinajstić information content (AvgIpc) is 3.14. The molecule has 6 aromatic rings. The summed E-state index contributed by atoms with van der Waals surface area (Å²) in [5.41, 5.74) is 12.2. The number of benzene rings is 3. The number of nitrogens with zero attached hydrogens (tertiary/aromatic N) is 7. The van der Waals surface area contributed by atoms with E-state index in [0.29, 0.717) is 28.8 Å². The van der Waals surface area contributed by atoms with Crippen molar-refractivity contribution < 1.29 is 34.3 Å². The maximum atomic E-state index is 10.6. The zero-order valence-corrected chi connectivity index (χ0v) is 28.1. The van der Waals surface area contributed by atoms with Gasteiger partial charge in [-0.2, -0.15) is 0 Å². The minimum Gasteiger partial charge on any atom is -0.508 e. The standard InChI is InChI=1S/C11H7N3O5.C11H11N3O.C6H5NO3.C5H3ClN2O2/c15-13(16)8-1-3-10(4-2-8)19-11-7-9(14(17)18)5-6-12-11;12-8-1-3-10(4-2-8)15-11-7-9(13)5-6-14-11;8-6-3-1-5(2-4-6)7(9)10;6-5-3-4(8(9)10)1-2-7-5/h1-7H;1-7H,12H2,(H2,13,14);1-4,8H;1-3H. The van der Waals surface area contributed by atoms with Crippen LogP contribution in [0, 0.1) is 40.5 Å². The molecule has 0 unspecified atom stereocenters. The molecule has 0 saturated carbocycles. The number of anilines is 2. The number of aromatic nitrogens is 3. The summed E-state index contributed by atoms with van der Waals surface area (Å²) in [4.78, 5) is 50.4. The van der Waals surface area contributed by atoms with Crippen LogP contribution in [0.3, 0.4) is 0 Å². The van der Waals surface area contributed by atoms with Gasteiger partial charge < -0.3 is 26.0 Å². The molecule has 0 aliphatic rings. The van der Waals surface area contributed by atoms with E-state index in [1.165, 1.54) is 85.2 Å². The molecule has 5 N–H and O–H groups in total. The Balaban J connectivity index is 0.000000201. The van der Waals surface area contributed by atoms with Gasteiger partial charge in [-0.15, -0.1) is 0 Å². The van der Waals surface area contributed by atoms with Gasteiger partial charge in [-0.3, -0.25) is 40.5 Å². The third kappa shape index (κ3) is 14.1. The number of aromatic hydroxyl groups is 1. The van der Waals surface area contributed by atoms with Crippen molar-refractivity contribution in [2.75, 3.05) is 11.5 Å². The summed E-state index contributed by atoms with van der Waals surface area (Å²) in [7, 11) is 0. The molecule has 0 saturated heterocycles. The molecule has 3 aromatic carbocycles. The first-order valence-electron chi connectivity index (χ1n) is 14.7. The SMILES string of the molecule is Nc1ccc(Oc2cc(N)ccn2)cc1.O=[N+]([O-])c1ccc(O)cc1.O=[N+]([O-])c1ccc(Oc2cc([N+](=O)[O-])ccn2)cc1.O=[N+]([O-])c1ccnc(Cl)c1. The minimum atomic E-state index is -0.565. The number of halogens is 1. The number of nitro groups is 4. The fourth-order valence-corrected chi connectivity index (χ4v) is 3.71. The number of non-ortho nitro benzene ring substituents is 2. The molecule has 0 atom stereocenters. The number of hydrogen-bond donors (Lipinski definition) is 3. The lowest BCUT2D eigenvalue weighted by Gasteiger charge is -2.04. The highest BCUT2D eigenvalue weighted by Crippen LogP contribution is 2.25. The van der Waals surface area contributed by atoms with E-state index in [1.807, 2.05) is 0 Å². The fourth-order valence-electron chi connectivity index (χ4n) is 3.54. The van der Waals surface area contributed by atoms with E-state index in [9.17, 15) is 40.5 Å². The summed E-state index contributed by atoms with van der Waals surface area (Å²) in [6.07, 6.45) is 4.14. The van der Waals surface area contributed by atoms with E-state index in [-0.39, 0.29) is 39.5 Å². The molecule has 21 heteroatoms. The zero-order valence-electron chi connectivity index (χ0n) is 27.3. The smallest absolute Gasteiger partial charge is 0.276 e. The molecular weight excluding hydrogens is 734 g/mol. The number of nitrogens with two attached hydrogens (primary N) is 2. The fraction of sp³-hybridized carbons (Fsp3) is 0. The minimum absolute atomic E-state index is 0.0159. The third-order valence-electron chi connectivity index (χ3n) is 6.04. The zero-order chi connectivity index (χ0) is 39.6. The van der Waals surface area contributed by atoms with Crippen LogP contribution in [0.1, 0.15) is 0 Å². The van der Waals surface area contributed by atoms with Gasteiger partial charge in [0.05, 0.1) is 31.8 Å². The van der Waals surface area contributed by atoms with Gasteiger partial charge in [0, 0.05) is 72.4 Å². The van der Waals surface area contributed by atoms with E-state index in [2.05, 4.69) is 15.0 Å². The Hall–Kier alpha value is -8.00. The number of nitro benzene ring substituents is 2. The van der Waals surface area contributed by atoms with Crippen LogP contribution in [0.15, 0.2) is 128 Å². The Bertz CT molecular complexity index is 2200. The van der Waals surface area contributed by atoms with Crippen molar-refractivity contribution in [2.45, 2.75) is 0 Å². The first-order valence-corrected chi connectivity index (χ1v) is 15.0. The number of rotatable bonds is 8. The Labute approximate surface area is 308 Å². The van der Waals surface area contributed by atoms with Gasteiger partial charge >= 0.3 is 0 Å². The van der Waals surface area contributed by atoms with Crippen LogP contribution in [0.5, 0.6) is 29.0 Å². The predicted molar refractivity (Wildman–Crippen MR) is 194 cm³/mol. The second-order valence-electron chi connectivity index (χ2n) is 9.93. The Kier molecular flexibility index (Phi) is 15.0. The molecule has 0 radical (unpaired) electrons. The highest BCUT2D eigenvalue weighted by Gasteiger charge is 2.10. The molecule has 0 aliphatic carbocycles. The van der Waals surface area contributed by atoms with Gasteiger partial charge in [0.15, 0.2) is 0 Å². The molecule has 20 nitrogen and oxygen atoms in total. The van der Waals surface area contributed by atoms with Crippen LogP contribution in [0.4, 0.5) is 34.1 Å². The lowest BCUT2D eigenvalue weighted by molar-refractivity contribution is -0.385. The van der Waals surface area contributed by atoms with Crippen molar-refractivity contribution in [1.82, 2.24) is 15.0 Å². The monoisotopic (exact) mass is 759 g/mol. The maximum Gasteiger partial charge on any atom is 0.276 e. The molecule has 0 amide bonds. The van der Waals surface area contributed by atoms with Gasteiger partial charge in [0.1, 0.15) is 22.4 Å². The summed E-state index contributed by atoms with van der Waals surface area (Å²) >= 11 is 5.37. The lowest BCUT2D eigenvalue weighted by atomic mass is 10.3. The Morgan fingerprint density at radius 1 is 0.500 bits per heavy atom. The summed E-state index contributed by atoms with van der Waals surface area (Å²) in [5.74, 6) is 1.54. The van der Waals surface area contributed by atoms with Crippen LogP contribution in [0.2, 0.25) is 5.15 Å². The van der Waals surface area contributed by atoms with Gasteiger partial charge in [0.2, 0.25) is 11.8 Å². The summed E-state index contributed by atoms with van der Waals surface area (Å²) in [5, 5.41) is 50.0. The highest BCUT2D eigenvalue weighted by atomic mass is 35.5. The molecule has 0 spiro atoms. The van der Waals surface area contributed by atoms with E-state index in [1.54, 1.807) is 42.6 Å².